The van der Waals surface area contributed by atoms with Crippen LogP contribution in [-0.4, -0.2) is 31.2 Å². The first kappa shape index (κ1) is 15.4. The number of aliphatic carboxylic acids is 1. The van der Waals surface area contributed by atoms with Gasteiger partial charge in [-0.1, -0.05) is 0 Å². The van der Waals surface area contributed by atoms with E-state index in [2.05, 4.69) is 15.9 Å². The number of ether oxygens (including phenoxy) is 2. The van der Waals surface area contributed by atoms with Crippen LogP contribution in [0.5, 0.6) is 11.5 Å². The molecule has 0 fully saturated rings. The largest absolute Gasteiger partial charge is 0.493 e. The Morgan fingerprint density at radius 2 is 2.21 bits per heavy atom. The molecule has 4 nitrogen and oxygen atoms in total. The van der Waals surface area contributed by atoms with E-state index in [0.29, 0.717) is 10.0 Å². The molecule has 1 aromatic carbocycles. The maximum absolute atomic E-state index is 12.1. The second kappa shape index (κ2) is 7.08. The zero-order chi connectivity index (χ0) is 14.4. The highest BCUT2D eigenvalue weighted by molar-refractivity contribution is 9.10. The minimum absolute atomic E-state index is 0.148. The molecular formula is C12H11BrF2O4. The third-order valence-electron chi connectivity index (χ3n) is 2.02. The van der Waals surface area contributed by atoms with E-state index < -0.39 is 19.0 Å². The molecule has 0 amide bonds. The number of alkyl halides is 2. The summed E-state index contributed by atoms with van der Waals surface area (Å²) >= 11 is 3.16. The number of carboxylic acids is 1. The molecular weight excluding hydrogens is 326 g/mol. The van der Waals surface area contributed by atoms with Crippen LogP contribution in [0.2, 0.25) is 0 Å². The Labute approximate surface area is 116 Å². The lowest BCUT2D eigenvalue weighted by Crippen LogP contribution is -2.08. The molecule has 104 valence electrons. The molecule has 0 atom stereocenters. The smallest absolute Gasteiger partial charge is 0.328 e. The standard InChI is InChI=1S/C12H11BrF2O4/c1-18-9-5-7(2-3-11(16)17)4-8(13)12(9)19-6-10(14)15/h2-5,10H,6H2,1H3,(H,16,17)/b3-2+. The average molecular weight is 337 g/mol. The van der Waals surface area contributed by atoms with Crippen molar-refractivity contribution < 1.29 is 28.2 Å². The van der Waals surface area contributed by atoms with Crippen molar-refractivity contribution in [2.75, 3.05) is 13.7 Å². The van der Waals surface area contributed by atoms with Crippen LogP contribution in [0.4, 0.5) is 8.78 Å². The van der Waals surface area contributed by atoms with Gasteiger partial charge >= 0.3 is 5.97 Å². The van der Waals surface area contributed by atoms with Crippen molar-refractivity contribution in [3.8, 4) is 11.5 Å². The Morgan fingerprint density at radius 3 is 2.74 bits per heavy atom. The van der Waals surface area contributed by atoms with Crippen molar-refractivity contribution in [1.82, 2.24) is 0 Å². The molecule has 0 heterocycles. The first-order valence-electron chi connectivity index (χ1n) is 5.13. The summed E-state index contributed by atoms with van der Waals surface area (Å²) in [6, 6.07) is 3.04. The van der Waals surface area contributed by atoms with Gasteiger partial charge in [-0.15, -0.1) is 0 Å². The lowest BCUT2D eigenvalue weighted by atomic mass is 10.2. The van der Waals surface area contributed by atoms with Gasteiger partial charge < -0.3 is 14.6 Å². The number of hydrogen-bond acceptors (Lipinski definition) is 3. The number of halogens is 3. The van der Waals surface area contributed by atoms with Gasteiger partial charge in [-0.2, -0.15) is 0 Å². The van der Waals surface area contributed by atoms with Gasteiger partial charge in [0.05, 0.1) is 11.6 Å². The minimum atomic E-state index is -2.59. The van der Waals surface area contributed by atoms with Gasteiger partial charge in [0, 0.05) is 6.08 Å². The van der Waals surface area contributed by atoms with E-state index in [1.807, 2.05) is 0 Å². The van der Waals surface area contributed by atoms with E-state index in [4.69, 9.17) is 14.6 Å². The summed E-state index contributed by atoms with van der Waals surface area (Å²) in [5.41, 5.74) is 0.538. The average Bonchev–Trinajstić information content (AvgIpc) is 2.34. The molecule has 0 saturated heterocycles. The Hall–Kier alpha value is -1.63. The van der Waals surface area contributed by atoms with E-state index in [1.165, 1.54) is 19.3 Å². The molecule has 0 radical (unpaired) electrons. The number of hydrogen-bond donors (Lipinski definition) is 1. The summed E-state index contributed by atoms with van der Waals surface area (Å²) in [7, 11) is 1.36. The van der Waals surface area contributed by atoms with Crippen LogP contribution >= 0.6 is 15.9 Å². The van der Waals surface area contributed by atoms with Crippen molar-refractivity contribution >= 4 is 28.0 Å². The van der Waals surface area contributed by atoms with E-state index in [1.54, 1.807) is 6.07 Å². The van der Waals surface area contributed by atoms with Crippen molar-refractivity contribution in [2.45, 2.75) is 6.43 Å². The first-order chi connectivity index (χ1) is 8.93. The highest BCUT2D eigenvalue weighted by Crippen LogP contribution is 2.37. The molecule has 1 rings (SSSR count). The van der Waals surface area contributed by atoms with Crippen molar-refractivity contribution in [2.24, 2.45) is 0 Å². The van der Waals surface area contributed by atoms with Crippen molar-refractivity contribution in [1.29, 1.82) is 0 Å². The van der Waals surface area contributed by atoms with E-state index in [-0.39, 0.29) is 11.5 Å². The fourth-order valence-electron chi connectivity index (χ4n) is 1.29. The molecule has 0 saturated carbocycles. The van der Waals surface area contributed by atoms with Gasteiger partial charge in [0.25, 0.3) is 6.43 Å². The third kappa shape index (κ3) is 4.86. The van der Waals surface area contributed by atoms with Crippen LogP contribution in [0.25, 0.3) is 6.08 Å². The van der Waals surface area contributed by atoms with Crippen LogP contribution in [0.3, 0.4) is 0 Å². The van der Waals surface area contributed by atoms with Crippen LogP contribution in [-0.2, 0) is 4.79 Å². The zero-order valence-corrected chi connectivity index (χ0v) is 11.5. The summed E-state index contributed by atoms with van der Waals surface area (Å²) in [6.45, 7) is -0.751. The van der Waals surface area contributed by atoms with Crippen LogP contribution < -0.4 is 9.47 Å². The van der Waals surface area contributed by atoms with Crippen LogP contribution in [0.15, 0.2) is 22.7 Å². The maximum atomic E-state index is 12.1. The Balaban J connectivity index is 3.03. The number of rotatable bonds is 6. The summed E-state index contributed by atoms with van der Waals surface area (Å²) in [6.07, 6.45) is -0.281. The van der Waals surface area contributed by atoms with E-state index >= 15 is 0 Å². The monoisotopic (exact) mass is 336 g/mol. The quantitative estimate of drug-likeness (QED) is 0.810. The Morgan fingerprint density at radius 1 is 1.53 bits per heavy atom. The van der Waals surface area contributed by atoms with E-state index in [0.717, 1.165) is 6.08 Å². The predicted molar refractivity (Wildman–Crippen MR) is 68.9 cm³/mol. The number of carbonyl (C=O) groups is 1. The zero-order valence-electron chi connectivity index (χ0n) is 9.90. The van der Waals surface area contributed by atoms with Gasteiger partial charge in [0.15, 0.2) is 11.5 Å². The first-order valence-corrected chi connectivity index (χ1v) is 5.92. The fourth-order valence-corrected chi connectivity index (χ4v) is 1.86. The predicted octanol–water partition coefficient (Wildman–Crippen LogP) is 3.20. The molecule has 0 aliphatic carbocycles. The summed E-state index contributed by atoms with van der Waals surface area (Å²) in [5.74, 6) is -0.705. The minimum Gasteiger partial charge on any atom is -0.493 e. The van der Waals surface area contributed by atoms with Crippen LogP contribution in [0.1, 0.15) is 5.56 Å². The highest BCUT2D eigenvalue weighted by atomic mass is 79.9. The molecule has 0 aliphatic rings. The lowest BCUT2D eigenvalue weighted by molar-refractivity contribution is -0.131. The summed E-state index contributed by atoms with van der Waals surface area (Å²) in [5, 5.41) is 8.53. The summed E-state index contributed by atoms with van der Waals surface area (Å²) < 4.78 is 34.6. The molecule has 0 unspecified atom stereocenters. The molecule has 0 aromatic heterocycles. The van der Waals surface area contributed by atoms with Gasteiger partial charge in [0.2, 0.25) is 0 Å². The number of methoxy groups -OCH3 is 1. The molecule has 0 aliphatic heterocycles. The SMILES string of the molecule is COc1cc(/C=C/C(=O)O)cc(Br)c1OCC(F)F. The maximum Gasteiger partial charge on any atom is 0.328 e. The van der Waals surface area contributed by atoms with Gasteiger partial charge in [0.1, 0.15) is 6.61 Å². The third-order valence-corrected chi connectivity index (χ3v) is 2.61. The van der Waals surface area contributed by atoms with Gasteiger partial charge in [-0.25, -0.2) is 13.6 Å². The fraction of sp³-hybridized carbons (Fsp3) is 0.250. The van der Waals surface area contributed by atoms with Crippen molar-refractivity contribution in [3.63, 3.8) is 0 Å². The highest BCUT2D eigenvalue weighted by Gasteiger charge is 2.13. The lowest BCUT2D eigenvalue weighted by Gasteiger charge is -2.13. The second-order valence-corrected chi connectivity index (χ2v) is 4.26. The molecule has 1 N–H and O–H groups in total. The summed E-state index contributed by atoms with van der Waals surface area (Å²) in [4.78, 5) is 10.4. The molecule has 1 aromatic rings. The van der Waals surface area contributed by atoms with Crippen molar-refractivity contribution in [3.05, 3.63) is 28.2 Å². The van der Waals surface area contributed by atoms with E-state index in [9.17, 15) is 13.6 Å². The normalized spacial score (nSPS) is 11.0. The Kier molecular flexibility index (Phi) is 5.75. The Bertz CT molecular complexity index is 489. The molecule has 0 bridgehead atoms. The molecule has 7 heteroatoms. The molecule has 0 spiro atoms. The topological polar surface area (TPSA) is 55.8 Å². The number of carboxylic acid groups (broad SMARTS) is 1. The van der Waals surface area contributed by atoms with Crippen LogP contribution in [0, 0.1) is 0 Å². The second-order valence-electron chi connectivity index (χ2n) is 3.41. The van der Waals surface area contributed by atoms with Gasteiger partial charge in [-0.05, 0) is 39.7 Å². The molecule has 19 heavy (non-hydrogen) atoms. The number of benzene rings is 1. The van der Waals surface area contributed by atoms with Gasteiger partial charge in [-0.3, -0.25) is 0 Å².